The smallest absolute Gasteiger partial charge is 0.288 e. The van der Waals surface area contributed by atoms with Crippen molar-refractivity contribution in [3.05, 3.63) is 68.7 Å². The second kappa shape index (κ2) is 6.37. The Hall–Kier alpha value is -2.60. The Morgan fingerprint density at radius 3 is 2.76 bits per heavy atom. The van der Waals surface area contributed by atoms with Crippen LogP contribution in [0.3, 0.4) is 0 Å². The number of hydrogen-bond acceptors (Lipinski definition) is 4. The molecule has 1 aliphatic rings. The van der Waals surface area contributed by atoms with Crippen molar-refractivity contribution in [1.82, 2.24) is 5.32 Å². The SMILES string of the molecule is CC1(C)C[C@H](NC(=O)c2ccc(Cl)c([N+](=O)[O-])c2)c2ccccc2O1. The lowest BCUT2D eigenvalue weighted by molar-refractivity contribution is -0.384. The Labute approximate surface area is 149 Å². The minimum Gasteiger partial charge on any atom is -0.487 e. The maximum atomic E-state index is 12.6. The van der Waals surface area contributed by atoms with Crippen molar-refractivity contribution < 1.29 is 14.5 Å². The number of para-hydroxylation sites is 1. The van der Waals surface area contributed by atoms with E-state index in [1.165, 1.54) is 18.2 Å². The van der Waals surface area contributed by atoms with Gasteiger partial charge in [0, 0.05) is 23.6 Å². The third-order valence-corrected chi connectivity index (χ3v) is 4.41. The van der Waals surface area contributed by atoms with Gasteiger partial charge in [-0.1, -0.05) is 29.8 Å². The first kappa shape index (κ1) is 17.2. The third-order valence-electron chi connectivity index (χ3n) is 4.09. The summed E-state index contributed by atoms with van der Waals surface area (Å²) in [6, 6.07) is 11.3. The normalized spacial score (nSPS) is 18.0. The van der Waals surface area contributed by atoms with Gasteiger partial charge in [-0.15, -0.1) is 0 Å². The largest absolute Gasteiger partial charge is 0.487 e. The van der Waals surface area contributed by atoms with Gasteiger partial charge in [0.2, 0.25) is 0 Å². The molecule has 1 heterocycles. The number of carbonyl (C=O) groups is 1. The second-order valence-corrected chi connectivity index (χ2v) is 6.96. The predicted octanol–water partition coefficient (Wildman–Crippen LogP) is 4.28. The number of nitrogens with one attached hydrogen (secondary N) is 1. The molecule has 1 atom stereocenters. The van der Waals surface area contributed by atoms with Crippen LogP contribution in [0, 0.1) is 10.1 Å². The van der Waals surface area contributed by atoms with Gasteiger partial charge >= 0.3 is 0 Å². The maximum absolute atomic E-state index is 12.6. The molecule has 0 saturated heterocycles. The van der Waals surface area contributed by atoms with Crippen LogP contribution in [0.2, 0.25) is 5.02 Å². The van der Waals surface area contributed by atoms with Gasteiger partial charge in [0.05, 0.1) is 11.0 Å². The Morgan fingerprint density at radius 1 is 1.32 bits per heavy atom. The Morgan fingerprint density at radius 2 is 2.04 bits per heavy atom. The summed E-state index contributed by atoms with van der Waals surface area (Å²) in [5.41, 5.74) is 0.358. The van der Waals surface area contributed by atoms with E-state index in [0.717, 1.165) is 11.3 Å². The molecule has 0 fully saturated rings. The summed E-state index contributed by atoms with van der Waals surface area (Å²) >= 11 is 5.80. The molecule has 0 aliphatic carbocycles. The van der Waals surface area contributed by atoms with Gasteiger partial charge in [-0.2, -0.15) is 0 Å². The highest BCUT2D eigenvalue weighted by Crippen LogP contribution is 2.39. The van der Waals surface area contributed by atoms with Crippen LogP contribution >= 0.6 is 11.6 Å². The number of benzene rings is 2. The van der Waals surface area contributed by atoms with Crippen LogP contribution in [-0.4, -0.2) is 16.4 Å². The number of nitro groups is 1. The number of fused-ring (bicyclic) bond motifs is 1. The maximum Gasteiger partial charge on any atom is 0.288 e. The second-order valence-electron chi connectivity index (χ2n) is 6.55. The topological polar surface area (TPSA) is 81.5 Å². The molecule has 25 heavy (non-hydrogen) atoms. The van der Waals surface area contributed by atoms with E-state index in [9.17, 15) is 14.9 Å². The molecule has 1 aliphatic heterocycles. The van der Waals surface area contributed by atoms with Gasteiger partial charge in [-0.3, -0.25) is 14.9 Å². The van der Waals surface area contributed by atoms with Crippen molar-refractivity contribution in [2.45, 2.75) is 31.9 Å². The quantitative estimate of drug-likeness (QED) is 0.654. The van der Waals surface area contributed by atoms with Crippen molar-refractivity contribution in [2.75, 3.05) is 0 Å². The molecule has 2 aromatic carbocycles. The first-order valence-electron chi connectivity index (χ1n) is 7.79. The first-order valence-corrected chi connectivity index (χ1v) is 8.17. The molecule has 130 valence electrons. The van der Waals surface area contributed by atoms with Gasteiger partial charge in [0.25, 0.3) is 11.6 Å². The average molecular weight is 361 g/mol. The van der Waals surface area contributed by atoms with Crippen molar-refractivity contribution >= 4 is 23.2 Å². The lowest BCUT2D eigenvalue weighted by Gasteiger charge is -2.37. The van der Waals surface area contributed by atoms with Crippen LogP contribution < -0.4 is 10.1 Å². The summed E-state index contributed by atoms with van der Waals surface area (Å²) in [6.45, 7) is 3.91. The van der Waals surface area contributed by atoms with Crippen molar-refractivity contribution in [1.29, 1.82) is 0 Å². The molecule has 0 bridgehead atoms. The van der Waals surface area contributed by atoms with E-state index in [4.69, 9.17) is 16.3 Å². The highest BCUT2D eigenvalue weighted by molar-refractivity contribution is 6.32. The molecule has 2 aromatic rings. The number of nitrogens with zero attached hydrogens (tertiary/aromatic N) is 1. The Kier molecular flexibility index (Phi) is 4.39. The zero-order valence-electron chi connectivity index (χ0n) is 13.8. The molecule has 0 aromatic heterocycles. The van der Waals surface area contributed by atoms with Crippen LogP contribution in [-0.2, 0) is 0 Å². The summed E-state index contributed by atoms with van der Waals surface area (Å²) in [6.07, 6.45) is 0.589. The number of rotatable bonds is 3. The van der Waals surface area contributed by atoms with E-state index in [2.05, 4.69) is 5.32 Å². The number of ether oxygens (including phenoxy) is 1. The standard InChI is InChI=1S/C18H17ClN2O4/c1-18(2)10-14(12-5-3-4-6-16(12)25-18)20-17(22)11-7-8-13(19)15(9-11)21(23)24/h3-9,14H,10H2,1-2H3,(H,20,22)/t14-/m0/s1. The molecule has 0 radical (unpaired) electrons. The number of amides is 1. The van der Waals surface area contributed by atoms with E-state index < -0.39 is 16.4 Å². The lowest BCUT2D eigenvalue weighted by atomic mass is 9.89. The zero-order valence-corrected chi connectivity index (χ0v) is 14.5. The number of hydrogen-bond donors (Lipinski definition) is 1. The molecule has 0 unspecified atom stereocenters. The highest BCUT2D eigenvalue weighted by Gasteiger charge is 2.34. The molecular formula is C18H17ClN2O4. The highest BCUT2D eigenvalue weighted by atomic mass is 35.5. The average Bonchev–Trinajstić information content (AvgIpc) is 2.53. The van der Waals surface area contributed by atoms with Gasteiger partial charge in [0.15, 0.2) is 0 Å². The number of carbonyl (C=O) groups excluding carboxylic acids is 1. The van der Waals surface area contributed by atoms with Gasteiger partial charge < -0.3 is 10.1 Å². The molecule has 7 heteroatoms. The number of halogens is 1. The molecule has 1 N–H and O–H groups in total. The fraction of sp³-hybridized carbons (Fsp3) is 0.278. The van der Waals surface area contributed by atoms with Crippen LogP contribution in [0.25, 0.3) is 0 Å². The van der Waals surface area contributed by atoms with E-state index in [-0.39, 0.29) is 22.3 Å². The van der Waals surface area contributed by atoms with E-state index >= 15 is 0 Å². The summed E-state index contributed by atoms with van der Waals surface area (Å²) in [5.74, 6) is 0.336. The molecule has 3 rings (SSSR count). The predicted molar refractivity (Wildman–Crippen MR) is 94.1 cm³/mol. The lowest BCUT2D eigenvalue weighted by Crippen LogP contribution is -2.41. The van der Waals surface area contributed by atoms with Crippen LogP contribution in [0.15, 0.2) is 42.5 Å². The number of nitro benzene ring substituents is 1. The van der Waals surface area contributed by atoms with Crippen LogP contribution in [0.5, 0.6) is 5.75 Å². The Balaban J connectivity index is 1.88. The molecule has 1 amide bonds. The van der Waals surface area contributed by atoms with Crippen molar-refractivity contribution in [3.63, 3.8) is 0 Å². The minimum atomic E-state index is -0.605. The molecule has 6 nitrogen and oxygen atoms in total. The molecule has 0 spiro atoms. The molecular weight excluding hydrogens is 344 g/mol. The van der Waals surface area contributed by atoms with Gasteiger partial charge in [0.1, 0.15) is 16.4 Å². The van der Waals surface area contributed by atoms with Crippen molar-refractivity contribution in [2.24, 2.45) is 0 Å². The zero-order chi connectivity index (χ0) is 18.2. The fourth-order valence-electron chi connectivity index (χ4n) is 2.97. The van der Waals surface area contributed by atoms with E-state index in [1.807, 2.05) is 38.1 Å². The molecule has 0 saturated carbocycles. The van der Waals surface area contributed by atoms with Gasteiger partial charge in [-0.25, -0.2) is 0 Å². The van der Waals surface area contributed by atoms with Crippen molar-refractivity contribution in [3.8, 4) is 5.75 Å². The Bertz CT molecular complexity index is 851. The summed E-state index contributed by atoms with van der Waals surface area (Å²) in [5, 5.41) is 14.0. The van der Waals surface area contributed by atoms with Crippen LogP contribution in [0.4, 0.5) is 5.69 Å². The minimum absolute atomic E-state index is 0.000838. The first-order chi connectivity index (χ1) is 11.8. The third kappa shape index (κ3) is 3.58. The summed E-state index contributed by atoms with van der Waals surface area (Å²) in [4.78, 5) is 23.0. The van der Waals surface area contributed by atoms with Gasteiger partial charge in [-0.05, 0) is 32.0 Å². The monoisotopic (exact) mass is 360 g/mol. The van der Waals surface area contributed by atoms with E-state index in [1.54, 1.807) is 0 Å². The van der Waals surface area contributed by atoms with Crippen LogP contribution in [0.1, 0.15) is 42.2 Å². The van der Waals surface area contributed by atoms with E-state index in [0.29, 0.717) is 6.42 Å². The summed E-state index contributed by atoms with van der Waals surface area (Å²) in [7, 11) is 0. The summed E-state index contributed by atoms with van der Waals surface area (Å²) < 4.78 is 5.95. The fourth-order valence-corrected chi connectivity index (χ4v) is 3.15.